The third kappa shape index (κ3) is 4.63. The lowest BCUT2D eigenvalue weighted by Gasteiger charge is -2.10. The Balaban J connectivity index is 1.68. The zero-order chi connectivity index (χ0) is 12.8. The topological polar surface area (TPSA) is 41.1 Å². The molecule has 1 aromatic rings. The Morgan fingerprint density at radius 3 is 3.11 bits per heavy atom. The van der Waals surface area contributed by atoms with Crippen molar-refractivity contribution in [3.05, 3.63) is 28.7 Å². The van der Waals surface area contributed by atoms with Crippen molar-refractivity contribution in [2.24, 2.45) is 0 Å². The first kappa shape index (κ1) is 13.9. The second kappa shape index (κ2) is 7.16. The summed E-state index contributed by atoms with van der Waals surface area (Å²) in [5.74, 6) is 1.27. The molecule has 18 heavy (non-hydrogen) atoms. The van der Waals surface area contributed by atoms with E-state index in [2.05, 4.69) is 26.6 Å². The van der Waals surface area contributed by atoms with Crippen LogP contribution in [0, 0.1) is 0 Å². The molecule has 1 fully saturated rings. The first-order valence-electron chi connectivity index (χ1n) is 6.12. The Hall–Kier alpha value is -0.520. The highest BCUT2D eigenvalue weighted by molar-refractivity contribution is 9.10. The van der Waals surface area contributed by atoms with E-state index < -0.39 is 0 Å². The van der Waals surface area contributed by atoms with E-state index in [0.717, 1.165) is 16.7 Å². The molecule has 98 valence electrons. The number of rotatable bonds is 5. The summed E-state index contributed by atoms with van der Waals surface area (Å²) < 4.78 is 0.968. The highest BCUT2D eigenvalue weighted by Gasteiger charge is 2.15. The van der Waals surface area contributed by atoms with Crippen molar-refractivity contribution in [1.29, 1.82) is 0 Å². The van der Waals surface area contributed by atoms with Gasteiger partial charge < -0.3 is 10.6 Å². The fourth-order valence-corrected chi connectivity index (χ4v) is 3.56. The molecule has 1 saturated heterocycles. The number of amides is 1. The van der Waals surface area contributed by atoms with Gasteiger partial charge >= 0.3 is 0 Å². The third-order valence-electron chi connectivity index (χ3n) is 2.79. The molecule has 1 aliphatic heterocycles. The molecule has 5 heteroatoms. The molecule has 1 aromatic carbocycles. The average Bonchev–Trinajstić information content (AvgIpc) is 2.82. The van der Waals surface area contributed by atoms with Gasteiger partial charge in [0, 0.05) is 22.0 Å². The van der Waals surface area contributed by atoms with Crippen LogP contribution in [-0.2, 0) is 4.79 Å². The Labute approximate surface area is 120 Å². The molecule has 0 spiro atoms. The predicted molar refractivity (Wildman–Crippen MR) is 81.1 cm³/mol. The summed E-state index contributed by atoms with van der Waals surface area (Å²) in [6.07, 6.45) is 2.58. The number of benzene rings is 1. The molecule has 0 bridgehead atoms. The quantitative estimate of drug-likeness (QED) is 0.873. The summed E-state index contributed by atoms with van der Waals surface area (Å²) in [4.78, 5) is 11.7. The van der Waals surface area contributed by atoms with Gasteiger partial charge in [0.1, 0.15) is 0 Å². The van der Waals surface area contributed by atoms with Crippen molar-refractivity contribution < 1.29 is 4.79 Å². The summed E-state index contributed by atoms with van der Waals surface area (Å²) in [5.41, 5.74) is 0.825. The molecule has 1 atom stereocenters. The van der Waals surface area contributed by atoms with Crippen LogP contribution in [0.2, 0.25) is 0 Å². The van der Waals surface area contributed by atoms with Crippen molar-refractivity contribution in [2.75, 3.05) is 24.2 Å². The lowest BCUT2D eigenvalue weighted by molar-refractivity contribution is -0.115. The maximum Gasteiger partial charge on any atom is 0.238 e. The highest BCUT2D eigenvalue weighted by Crippen LogP contribution is 2.25. The Morgan fingerprint density at radius 1 is 1.50 bits per heavy atom. The summed E-state index contributed by atoms with van der Waals surface area (Å²) in [6, 6.07) is 7.62. The molecule has 1 aliphatic rings. The van der Waals surface area contributed by atoms with Crippen LogP contribution in [0.4, 0.5) is 5.69 Å². The number of hydrogen-bond acceptors (Lipinski definition) is 3. The summed E-state index contributed by atoms with van der Waals surface area (Å²) >= 11 is 5.38. The van der Waals surface area contributed by atoms with Gasteiger partial charge in [-0.05, 0) is 36.8 Å². The van der Waals surface area contributed by atoms with Gasteiger partial charge in [-0.3, -0.25) is 4.79 Å². The number of carbonyl (C=O) groups is 1. The average molecular weight is 329 g/mol. The summed E-state index contributed by atoms with van der Waals surface area (Å²) in [5, 5.41) is 6.77. The lowest BCUT2D eigenvalue weighted by atomic mass is 10.2. The van der Waals surface area contributed by atoms with E-state index in [9.17, 15) is 4.79 Å². The minimum absolute atomic E-state index is 0.0103. The predicted octanol–water partition coefficient (Wildman–Crippen LogP) is 2.87. The molecular formula is C13H17BrN2OS. The SMILES string of the molecule is O=C(CNCC1CCCS1)Nc1cccc(Br)c1. The van der Waals surface area contributed by atoms with Crippen LogP contribution in [0.15, 0.2) is 28.7 Å². The minimum atomic E-state index is 0.0103. The van der Waals surface area contributed by atoms with Crippen LogP contribution in [0.25, 0.3) is 0 Å². The maximum absolute atomic E-state index is 11.7. The van der Waals surface area contributed by atoms with Gasteiger partial charge in [-0.1, -0.05) is 22.0 Å². The molecule has 1 unspecified atom stereocenters. The third-order valence-corrected chi connectivity index (χ3v) is 4.68. The maximum atomic E-state index is 11.7. The van der Waals surface area contributed by atoms with Crippen molar-refractivity contribution in [3.63, 3.8) is 0 Å². The van der Waals surface area contributed by atoms with E-state index in [-0.39, 0.29) is 5.91 Å². The monoisotopic (exact) mass is 328 g/mol. The van der Waals surface area contributed by atoms with E-state index in [4.69, 9.17) is 0 Å². The van der Waals surface area contributed by atoms with Gasteiger partial charge in [0.05, 0.1) is 6.54 Å². The van der Waals surface area contributed by atoms with E-state index in [1.54, 1.807) is 0 Å². The van der Waals surface area contributed by atoms with Crippen LogP contribution in [-0.4, -0.2) is 30.0 Å². The van der Waals surface area contributed by atoms with Crippen LogP contribution >= 0.6 is 27.7 Å². The van der Waals surface area contributed by atoms with Gasteiger partial charge in [-0.2, -0.15) is 11.8 Å². The van der Waals surface area contributed by atoms with Crippen LogP contribution in [0.5, 0.6) is 0 Å². The molecule has 0 aliphatic carbocycles. The molecule has 0 radical (unpaired) electrons. The molecule has 2 rings (SSSR count). The molecule has 3 nitrogen and oxygen atoms in total. The fraction of sp³-hybridized carbons (Fsp3) is 0.462. The van der Waals surface area contributed by atoms with Gasteiger partial charge in [0.2, 0.25) is 5.91 Å². The molecule has 1 amide bonds. The molecule has 2 N–H and O–H groups in total. The second-order valence-corrected chi connectivity index (χ2v) is 6.65. The highest BCUT2D eigenvalue weighted by atomic mass is 79.9. The van der Waals surface area contributed by atoms with Gasteiger partial charge in [0.15, 0.2) is 0 Å². The van der Waals surface area contributed by atoms with Gasteiger partial charge in [-0.25, -0.2) is 0 Å². The number of hydrogen-bond donors (Lipinski definition) is 2. The number of anilines is 1. The largest absolute Gasteiger partial charge is 0.325 e. The van der Waals surface area contributed by atoms with E-state index >= 15 is 0 Å². The van der Waals surface area contributed by atoms with Crippen molar-refractivity contribution in [1.82, 2.24) is 5.32 Å². The fourth-order valence-electron chi connectivity index (χ4n) is 1.92. The number of nitrogens with one attached hydrogen (secondary N) is 2. The van der Waals surface area contributed by atoms with Crippen LogP contribution < -0.4 is 10.6 Å². The van der Waals surface area contributed by atoms with Crippen molar-refractivity contribution in [3.8, 4) is 0 Å². The smallest absolute Gasteiger partial charge is 0.238 e. The number of halogens is 1. The zero-order valence-electron chi connectivity index (χ0n) is 10.1. The Kier molecular flexibility index (Phi) is 5.53. The van der Waals surface area contributed by atoms with Crippen LogP contribution in [0.3, 0.4) is 0 Å². The molecule has 0 saturated carbocycles. The van der Waals surface area contributed by atoms with E-state index in [1.165, 1.54) is 18.6 Å². The standard InChI is InChI=1S/C13H17BrN2OS/c14-10-3-1-4-11(7-10)16-13(17)9-15-8-12-5-2-6-18-12/h1,3-4,7,12,15H,2,5-6,8-9H2,(H,16,17). The molecular weight excluding hydrogens is 312 g/mol. The Bertz CT molecular complexity index is 408. The molecule has 0 aromatic heterocycles. The first-order valence-corrected chi connectivity index (χ1v) is 7.96. The van der Waals surface area contributed by atoms with E-state index in [1.807, 2.05) is 36.0 Å². The van der Waals surface area contributed by atoms with E-state index in [0.29, 0.717) is 11.8 Å². The van der Waals surface area contributed by atoms with Crippen molar-refractivity contribution in [2.45, 2.75) is 18.1 Å². The number of carbonyl (C=O) groups excluding carboxylic acids is 1. The number of thioether (sulfide) groups is 1. The normalized spacial score (nSPS) is 18.8. The van der Waals surface area contributed by atoms with Crippen molar-refractivity contribution >= 4 is 39.3 Å². The second-order valence-electron chi connectivity index (χ2n) is 4.32. The zero-order valence-corrected chi connectivity index (χ0v) is 12.5. The van der Waals surface area contributed by atoms with Gasteiger partial charge in [-0.15, -0.1) is 0 Å². The summed E-state index contributed by atoms with van der Waals surface area (Å²) in [7, 11) is 0. The molecule has 1 heterocycles. The minimum Gasteiger partial charge on any atom is -0.325 e. The lowest BCUT2D eigenvalue weighted by Crippen LogP contribution is -2.32. The summed E-state index contributed by atoms with van der Waals surface area (Å²) in [6.45, 7) is 1.31. The van der Waals surface area contributed by atoms with Crippen LogP contribution in [0.1, 0.15) is 12.8 Å². The Morgan fingerprint density at radius 2 is 2.39 bits per heavy atom. The van der Waals surface area contributed by atoms with Gasteiger partial charge in [0.25, 0.3) is 0 Å². The first-order chi connectivity index (χ1) is 8.74.